The molecule has 6 nitrogen and oxygen atoms in total. The molecule has 0 bridgehead atoms. The molecule has 33 heavy (non-hydrogen) atoms. The first-order chi connectivity index (χ1) is 16.2. The number of aryl methyl sites for hydroxylation is 1. The minimum Gasteiger partial charge on any atom is -0.472 e. The second-order valence-electron chi connectivity index (χ2n) is 8.41. The highest BCUT2D eigenvalue weighted by atomic mass is 16.3. The minimum absolute atomic E-state index is 0.0523. The zero-order valence-electron chi connectivity index (χ0n) is 18.6. The fourth-order valence-electron chi connectivity index (χ4n) is 4.15. The van der Waals surface area contributed by atoms with Crippen LogP contribution in [0.4, 0.5) is 0 Å². The summed E-state index contributed by atoms with van der Waals surface area (Å²) in [6, 6.07) is 20.8. The molecule has 0 aliphatic carbocycles. The van der Waals surface area contributed by atoms with Gasteiger partial charge in [0, 0.05) is 47.5 Å². The molecule has 4 N–H and O–H groups in total. The number of H-pyrrole nitrogens is 1. The van der Waals surface area contributed by atoms with Crippen molar-refractivity contribution in [3.05, 3.63) is 96.2 Å². The zero-order valence-corrected chi connectivity index (χ0v) is 18.6. The van der Waals surface area contributed by atoms with Gasteiger partial charge in [-0.3, -0.25) is 10.1 Å². The number of nitrogens with zero attached hydrogens (tertiary/aromatic N) is 2. The van der Waals surface area contributed by atoms with Crippen LogP contribution in [0, 0.1) is 6.92 Å². The molecule has 0 saturated heterocycles. The fraction of sp³-hybridized carbons (Fsp3) is 0.185. The highest BCUT2D eigenvalue weighted by molar-refractivity contribution is 5.89. The molecule has 5 aromatic rings. The first-order valence-electron chi connectivity index (χ1n) is 11.1. The predicted octanol–water partition coefficient (Wildman–Crippen LogP) is 4.85. The van der Waals surface area contributed by atoms with Crippen molar-refractivity contribution in [1.29, 1.82) is 0 Å². The molecule has 0 fully saturated rings. The summed E-state index contributed by atoms with van der Waals surface area (Å²) in [5.41, 5.74) is 14.7. The van der Waals surface area contributed by atoms with Gasteiger partial charge >= 0.3 is 0 Å². The van der Waals surface area contributed by atoms with Crippen molar-refractivity contribution >= 4 is 10.9 Å². The van der Waals surface area contributed by atoms with Crippen molar-refractivity contribution in [2.45, 2.75) is 25.9 Å². The topological polar surface area (TPSA) is 92.8 Å². The molecule has 2 aromatic carbocycles. The van der Waals surface area contributed by atoms with Crippen molar-refractivity contribution in [1.82, 2.24) is 20.5 Å². The molecule has 5 rings (SSSR count). The highest BCUT2D eigenvalue weighted by Gasteiger charge is 2.14. The van der Waals surface area contributed by atoms with Crippen LogP contribution in [0.15, 0.2) is 83.8 Å². The number of hydrogen-bond donors (Lipinski definition) is 3. The lowest BCUT2D eigenvalue weighted by Gasteiger charge is -2.14. The summed E-state index contributed by atoms with van der Waals surface area (Å²) in [4.78, 5) is 4.80. The van der Waals surface area contributed by atoms with Crippen molar-refractivity contribution in [2.24, 2.45) is 5.73 Å². The maximum atomic E-state index is 6.34. The van der Waals surface area contributed by atoms with Gasteiger partial charge in [-0.15, -0.1) is 0 Å². The van der Waals surface area contributed by atoms with Crippen LogP contribution in [0.3, 0.4) is 0 Å². The molecule has 0 aliphatic rings. The summed E-state index contributed by atoms with van der Waals surface area (Å²) in [6.07, 6.45) is 6.17. The Kier molecular flexibility index (Phi) is 6.02. The molecule has 6 heteroatoms. The molecular formula is C27H27N5O. The van der Waals surface area contributed by atoms with Gasteiger partial charge in [-0.05, 0) is 54.3 Å². The first-order valence-corrected chi connectivity index (χ1v) is 11.1. The molecule has 0 amide bonds. The Morgan fingerprint density at radius 3 is 2.73 bits per heavy atom. The summed E-state index contributed by atoms with van der Waals surface area (Å²) in [7, 11) is 0. The lowest BCUT2D eigenvalue weighted by Crippen LogP contribution is -2.35. The van der Waals surface area contributed by atoms with Crippen LogP contribution in [-0.2, 0) is 13.0 Å². The van der Waals surface area contributed by atoms with Gasteiger partial charge in [0.05, 0.1) is 23.7 Å². The van der Waals surface area contributed by atoms with Crippen LogP contribution < -0.4 is 11.1 Å². The molecule has 166 valence electrons. The third-order valence-electron chi connectivity index (χ3n) is 5.87. The second kappa shape index (κ2) is 9.40. The number of aromatic nitrogens is 3. The Labute approximate surface area is 192 Å². The number of fused-ring (bicyclic) bond motifs is 1. The minimum atomic E-state index is 0.0523. The van der Waals surface area contributed by atoms with Crippen LogP contribution in [-0.4, -0.2) is 27.8 Å². The SMILES string of the molecule is Cc1[nH]nc2ccc(-c3cc(CNC[C@H](N)Cc4ccccc4)cnc3-c3ccoc3)cc12. The highest BCUT2D eigenvalue weighted by Crippen LogP contribution is 2.33. The second-order valence-corrected chi connectivity index (χ2v) is 8.41. The van der Waals surface area contributed by atoms with Crippen LogP contribution in [0.2, 0.25) is 0 Å². The summed E-state index contributed by atoms with van der Waals surface area (Å²) in [5.74, 6) is 0. The number of furan rings is 1. The molecule has 1 atom stereocenters. The van der Waals surface area contributed by atoms with Gasteiger partial charge in [0.15, 0.2) is 0 Å². The Morgan fingerprint density at radius 1 is 1.03 bits per heavy atom. The van der Waals surface area contributed by atoms with E-state index in [4.69, 9.17) is 15.1 Å². The average Bonchev–Trinajstić information content (AvgIpc) is 3.50. The Hall–Kier alpha value is -3.74. The third kappa shape index (κ3) is 4.72. The van der Waals surface area contributed by atoms with Gasteiger partial charge < -0.3 is 15.5 Å². The summed E-state index contributed by atoms with van der Waals surface area (Å²) < 4.78 is 5.33. The molecule has 0 aliphatic heterocycles. The van der Waals surface area contributed by atoms with Gasteiger partial charge in [-0.2, -0.15) is 5.10 Å². The van der Waals surface area contributed by atoms with E-state index in [-0.39, 0.29) is 6.04 Å². The zero-order chi connectivity index (χ0) is 22.6. The Bertz CT molecular complexity index is 1340. The van der Waals surface area contributed by atoms with Gasteiger partial charge in [-0.25, -0.2) is 0 Å². The number of benzene rings is 2. The maximum Gasteiger partial charge on any atom is 0.0996 e. The average molecular weight is 438 g/mol. The molecule has 0 saturated carbocycles. The number of pyridine rings is 1. The van der Waals surface area contributed by atoms with Gasteiger partial charge in [-0.1, -0.05) is 36.4 Å². The van der Waals surface area contributed by atoms with E-state index in [2.05, 4.69) is 45.8 Å². The first kappa shape index (κ1) is 21.1. The molecule has 3 heterocycles. The number of nitrogens with two attached hydrogens (primary N) is 1. The molecule has 3 aromatic heterocycles. The van der Waals surface area contributed by atoms with Crippen molar-refractivity contribution in [2.75, 3.05) is 6.54 Å². The number of aromatic amines is 1. The molecule has 0 unspecified atom stereocenters. The van der Waals surface area contributed by atoms with Crippen molar-refractivity contribution in [3.63, 3.8) is 0 Å². The van der Waals surface area contributed by atoms with E-state index in [1.807, 2.05) is 43.5 Å². The lowest BCUT2D eigenvalue weighted by atomic mass is 9.97. The van der Waals surface area contributed by atoms with Crippen LogP contribution in [0.5, 0.6) is 0 Å². The smallest absolute Gasteiger partial charge is 0.0996 e. The normalized spacial score (nSPS) is 12.3. The monoisotopic (exact) mass is 437 g/mol. The molecular weight excluding hydrogens is 410 g/mol. The van der Waals surface area contributed by atoms with E-state index < -0.39 is 0 Å². The lowest BCUT2D eigenvalue weighted by molar-refractivity contribution is 0.568. The van der Waals surface area contributed by atoms with Crippen molar-refractivity contribution in [3.8, 4) is 22.4 Å². The van der Waals surface area contributed by atoms with E-state index in [1.54, 1.807) is 12.5 Å². The number of nitrogens with one attached hydrogen (secondary N) is 2. The quantitative estimate of drug-likeness (QED) is 0.323. The summed E-state index contributed by atoms with van der Waals surface area (Å²) >= 11 is 0. The van der Waals surface area contributed by atoms with Crippen molar-refractivity contribution < 1.29 is 4.42 Å². The third-order valence-corrected chi connectivity index (χ3v) is 5.87. The summed E-state index contributed by atoms with van der Waals surface area (Å²) in [5, 5.41) is 12.0. The molecule has 0 spiro atoms. The van der Waals surface area contributed by atoms with Gasteiger partial charge in [0.2, 0.25) is 0 Å². The number of rotatable bonds is 8. The van der Waals surface area contributed by atoms with Crippen LogP contribution >= 0.6 is 0 Å². The van der Waals surface area contributed by atoms with Gasteiger partial charge in [0.25, 0.3) is 0 Å². The van der Waals surface area contributed by atoms with Crippen LogP contribution in [0.25, 0.3) is 33.3 Å². The predicted molar refractivity (Wildman–Crippen MR) is 132 cm³/mol. The number of hydrogen-bond acceptors (Lipinski definition) is 5. The van der Waals surface area contributed by atoms with E-state index >= 15 is 0 Å². The Balaban J connectivity index is 1.37. The van der Waals surface area contributed by atoms with E-state index in [1.165, 1.54) is 5.56 Å². The van der Waals surface area contributed by atoms with E-state index in [0.29, 0.717) is 6.54 Å². The standard InChI is InChI=1S/C27H27N5O/c1-18-24-13-21(7-8-26(24)32-31-18)25-12-20(15-30-27(25)22-9-10-33-17-22)14-29-16-23(28)11-19-5-3-2-4-6-19/h2-10,12-13,15,17,23,29H,11,14,16,28H2,1H3,(H,31,32)/t23-/m1/s1. The fourth-order valence-corrected chi connectivity index (χ4v) is 4.15. The van der Waals surface area contributed by atoms with E-state index in [9.17, 15) is 0 Å². The Morgan fingerprint density at radius 2 is 1.91 bits per heavy atom. The largest absolute Gasteiger partial charge is 0.472 e. The maximum absolute atomic E-state index is 6.34. The molecule has 0 radical (unpaired) electrons. The van der Waals surface area contributed by atoms with Gasteiger partial charge in [0.1, 0.15) is 0 Å². The van der Waals surface area contributed by atoms with E-state index in [0.717, 1.165) is 57.5 Å². The van der Waals surface area contributed by atoms with Crippen LogP contribution in [0.1, 0.15) is 16.8 Å². The summed E-state index contributed by atoms with van der Waals surface area (Å²) in [6.45, 7) is 3.46.